The lowest BCUT2D eigenvalue weighted by molar-refractivity contribution is 0.0748. The van der Waals surface area contributed by atoms with Crippen molar-refractivity contribution in [1.82, 2.24) is 0 Å². The van der Waals surface area contributed by atoms with E-state index in [9.17, 15) is 4.39 Å². The molecule has 48 valence electrons. The van der Waals surface area contributed by atoms with Gasteiger partial charge in [-0.05, 0) is 18.8 Å². The number of rotatable bonds is 0. The lowest BCUT2D eigenvalue weighted by Crippen LogP contribution is -2.19. The lowest BCUT2D eigenvalue weighted by Gasteiger charge is -2.07. The van der Waals surface area contributed by atoms with Crippen molar-refractivity contribution in [3.05, 3.63) is 0 Å². The number of hydrogen-bond acceptors (Lipinski definition) is 1. The second-order valence-electron chi connectivity index (χ2n) is 2.56. The lowest BCUT2D eigenvalue weighted by atomic mass is 10.1. The van der Waals surface area contributed by atoms with Gasteiger partial charge in [0.1, 0.15) is 6.17 Å². The van der Waals surface area contributed by atoms with Crippen LogP contribution in [0.4, 0.5) is 4.39 Å². The van der Waals surface area contributed by atoms with Gasteiger partial charge in [0.2, 0.25) is 0 Å². The zero-order valence-corrected chi connectivity index (χ0v) is 4.97. The molecule has 0 radical (unpaired) electrons. The number of aliphatic hydroxyl groups excluding tert-OH is 1. The fraction of sp³-hybridized carbons (Fsp3) is 1.00. The summed E-state index contributed by atoms with van der Waals surface area (Å²) in [5, 5.41) is 8.89. The Bertz CT molecular complexity index is 74.6. The van der Waals surface area contributed by atoms with E-state index in [0.717, 1.165) is 6.42 Å². The van der Waals surface area contributed by atoms with Gasteiger partial charge in [0.05, 0.1) is 6.10 Å². The molecular weight excluding hydrogens is 107 g/mol. The maximum Gasteiger partial charge on any atom is 0.126 e. The third-order valence-corrected chi connectivity index (χ3v) is 1.85. The molecule has 1 aliphatic rings. The molecule has 0 aliphatic heterocycles. The molecule has 1 saturated carbocycles. The summed E-state index contributed by atoms with van der Waals surface area (Å²) in [5.41, 5.74) is 0. The molecule has 8 heavy (non-hydrogen) atoms. The smallest absolute Gasteiger partial charge is 0.126 e. The third kappa shape index (κ3) is 0.848. The molecule has 0 aromatic heterocycles. The maximum absolute atomic E-state index is 12.3. The first kappa shape index (κ1) is 6.02. The Labute approximate surface area is 48.5 Å². The van der Waals surface area contributed by atoms with E-state index in [1.165, 1.54) is 0 Å². The topological polar surface area (TPSA) is 20.2 Å². The molecule has 0 amide bonds. The molecule has 3 atom stereocenters. The Morgan fingerprint density at radius 1 is 1.50 bits per heavy atom. The van der Waals surface area contributed by atoms with Crippen LogP contribution in [0.3, 0.4) is 0 Å². The van der Waals surface area contributed by atoms with Crippen LogP contribution >= 0.6 is 0 Å². The van der Waals surface area contributed by atoms with Gasteiger partial charge in [-0.15, -0.1) is 0 Å². The molecule has 0 saturated heterocycles. The highest BCUT2D eigenvalue weighted by atomic mass is 19.1. The Kier molecular flexibility index (Phi) is 1.52. The second-order valence-corrected chi connectivity index (χ2v) is 2.56. The highest BCUT2D eigenvalue weighted by molar-refractivity contribution is 4.81. The Balaban J connectivity index is 2.44. The molecule has 1 nitrogen and oxygen atoms in total. The van der Waals surface area contributed by atoms with E-state index in [-0.39, 0.29) is 5.92 Å². The average molecular weight is 118 g/mol. The van der Waals surface area contributed by atoms with Crippen molar-refractivity contribution in [2.24, 2.45) is 5.92 Å². The summed E-state index contributed by atoms with van der Waals surface area (Å²) in [7, 11) is 0. The van der Waals surface area contributed by atoms with Gasteiger partial charge in [0.15, 0.2) is 0 Å². The number of halogens is 1. The number of aliphatic hydroxyl groups is 1. The Morgan fingerprint density at radius 2 is 2.12 bits per heavy atom. The van der Waals surface area contributed by atoms with Gasteiger partial charge in [-0.2, -0.15) is 0 Å². The molecule has 2 heteroatoms. The van der Waals surface area contributed by atoms with Gasteiger partial charge >= 0.3 is 0 Å². The zero-order chi connectivity index (χ0) is 6.15. The normalized spacial score (nSPS) is 47.6. The van der Waals surface area contributed by atoms with Crippen LogP contribution in [0.1, 0.15) is 19.8 Å². The predicted molar refractivity (Wildman–Crippen MR) is 29.3 cm³/mol. The molecule has 1 N–H and O–H groups in total. The van der Waals surface area contributed by atoms with Crippen LogP contribution in [0.25, 0.3) is 0 Å². The van der Waals surface area contributed by atoms with Gasteiger partial charge in [-0.1, -0.05) is 6.92 Å². The third-order valence-electron chi connectivity index (χ3n) is 1.85. The summed E-state index contributed by atoms with van der Waals surface area (Å²) in [6.07, 6.45) is -0.259. The average Bonchev–Trinajstić information content (AvgIpc) is 1.98. The van der Waals surface area contributed by atoms with Crippen molar-refractivity contribution in [1.29, 1.82) is 0 Å². The SMILES string of the molecule is C[C@H]1CC[C@H](F)[C@@H]1O. The fourth-order valence-corrected chi connectivity index (χ4v) is 1.12. The molecule has 0 aromatic rings. The largest absolute Gasteiger partial charge is 0.390 e. The fourth-order valence-electron chi connectivity index (χ4n) is 1.12. The second kappa shape index (κ2) is 2.02. The van der Waals surface area contributed by atoms with Crippen LogP contribution in [0, 0.1) is 5.92 Å². The predicted octanol–water partition coefficient (Wildman–Crippen LogP) is 1.12. The van der Waals surface area contributed by atoms with E-state index in [1.54, 1.807) is 0 Å². The van der Waals surface area contributed by atoms with E-state index in [2.05, 4.69) is 0 Å². The highest BCUT2D eigenvalue weighted by Gasteiger charge is 2.31. The number of hydrogen-bond donors (Lipinski definition) is 1. The molecule has 0 bridgehead atoms. The van der Waals surface area contributed by atoms with Gasteiger partial charge < -0.3 is 5.11 Å². The van der Waals surface area contributed by atoms with Crippen molar-refractivity contribution in [3.8, 4) is 0 Å². The minimum Gasteiger partial charge on any atom is -0.390 e. The quantitative estimate of drug-likeness (QED) is 0.505. The summed E-state index contributed by atoms with van der Waals surface area (Å²) in [6, 6.07) is 0. The first-order chi connectivity index (χ1) is 3.72. The van der Waals surface area contributed by atoms with Gasteiger partial charge in [-0.25, -0.2) is 4.39 Å². The Hall–Kier alpha value is -0.110. The van der Waals surface area contributed by atoms with Crippen LogP contribution in [-0.4, -0.2) is 17.4 Å². The van der Waals surface area contributed by atoms with E-state index >= 15 is 0 Å². The van der Waals surface area contributed by atoms with Crippen LogP contribution in [0.5, 0.6) is 0 Å². The molecule has 0 aromatic carbocycles. The standard InChI is InChI=1S/C6H11FO/c1-4-2-3-5(7)6(4)8/h4-6,8H,2-3H2,1H3/t4-,5-,6+/m0/s1. The van der Waals surface area contributed by atoms with E-state index in [4.69, 9.17) is 5.11 Å². The molecule has 1 fully saturated rings. The molecular formula is C6H11FO. The van der Waals surface area contributed by atoms with Crippen LogP contribution in [-0.2, 0) is 0 Å². The van der Waals surface area contributed by atoms with Crippen LogP contribution in [0.2, 0.25) is 0 Å². The van der Waals surface area contributed by atoms with Gasteiger partial charge in [0.25, 0.3) is 0 Å². The van der Waals surface area contributed by atoms with Gasteiger partial charge in [-0.3, -0.25) is 0 Å². The molecule has 1 rings (SSSR count). The van der Waals surface area contributed by atoms with Crippen LogP contribution in [0.15, 0.2) is 0 Å². The maximum atomic E-state index is 12.3. The van der Waals surface area contributed by atoms with E-state index in [0.29, 0.717) is 6.42 Å². The summed E-state index contributed by atoms with van der Waals surface area (Å²) in [4.78, 5) is 0. The van der Waals surface area contributed by atoms with Crippen molar-refractivity contribution in [2.75, 3.05) is 0 Å². The summed E-state index contributed by atoms with van der Waals surface area (Å²) < 4.78 is 12.3. The van der Waals surface area contributed by atoms with Crippen molar-refractivity contribution < 1.29 is 9.50 Å². The number of alkyl halides is 1. The minimum absolute atomic E-state index is 0.171. The molecule has 1 aliphatic carbocycles. The highest BCUT2D eigenvalue weighted by Crippen LogP contribution is 2.27. The zero-order valence-electron chi connectivity index (χ0n) is 4.97. The van der Waals surface area contributed by atoms with E-state index < -0.39 is 12.3 Å². The van der Waals surface area contributed by atoms with Crippen molar-refractivity contribution in [3.63, 3.8) is 0 Å². The first-order valence-corrected chi connectivity index (χ1v) is 3.04. The van der Waals surface area contributed by atoms with E-state index in [1.807, 2.05) is 6.92 Å². The van der Waals surface area contributed by atoms with Crippen LogP contribution < -0.4 is 0 Å². The molecule has 0 heterocycles. The monoisotopic (exact) mass is 118 g/mol. The molecule has 0 spiro atoms. The molecule has 0 unspecified atom stereocenters. The Morgan fingerprint density at radius 3 is 2.25 bits per heavy atom. The summed E-state index contributed by atoms with van der Waals surface area (Å²) >= 11 is 0. The summed E-state index contributed by atoms with van der Waals surface area (Å²) in [5.74, 6) is 0.171. The van der Waals surface area contributed by atoms with Gasteiger partial charge in [0, 0.05) is 0 Å². The summed E-state index contributed by atoms with van der Waals surface area (Å²) in [6.45, 7) is 1.88. The first-order valence-electron chi connectivity index (χ1n) is 3.04. The minimum atomic E-state index is -0.954. The van der Waals surface area contributed by atoms with Crippen molar-refractivity contribution in [2.45, 2.75) is 32.0 Å². The van der Waals surface area contributed by atoms with Crippen molar-refractivity contribution >= 4 is 0 Å².